The summed E-state index contributed by atoms with van der Waals surface area (Å²) >= 11 is 0. The summed E-state index contributed by atoms with van der Waals surface area (Å²) in [6.45, 7) is 4.78. The molecule has 0 spiro atoms. The second-order valence-corrected chi connectivity index (χ2v) is 4.31. The first-order valence-corrected chi connectivity index (χ1v) is 5.92. The molecule has 0 aromatic carbocycles. The van der Waals surface area contributed by atoms with Crippen molar-refractivity contribution in [2.45, 2.75) is 26.8 Å². The van der Waals surface area contributed by atoms with Gasteiger partial charge < -0.3 is 10.1 Å². The molecule has 0 bridgehead atoms. The van der Waals surface area contributed by atoms with Crippen LogP contribution in [0.4, 0.5) is 23.2 Å². The summed E-state index contributed by atoms with van der Waals surface area (Å²) in [6.07, 6.45) is 0. The second-order valence-electron chi connectivity index (χ2n) is 4.31. The van der Waals surface area contributed by atoms with Crippen molar-refractivity contribution in [2.24, 2.45) is 5.92 Å². The molecule has 1 unspecified atom stereocenters. The molecule has 0 aliphatic rings. The van der Waals surface area contributed by atoms with Crippen LogP contribution in [0.15, 0.2) is 0 Å². The predicted molar refractivity (Wildman–Crippen MR) is 63.0 cm³/mol. The van der Waals surface area contributed by atoms with Gasteiger partial charge in [-0.1, -0.05) is 13.8 Å². The summed E-state index contributed by atoms with van der Waals surface area (Å²) in [5, 5.41) is 2.14. The molecule has 112 valence electrons. The molecular weight excluding hydrogens is 280 g/mol. The van der Waals surface area contributed by atoms with E-state index >= 15 is 0 Å². The first-order valence-electron chi connectivity index (χ1n) is 5.92. The summed E-state index contributed by atoms with van der Waals surface area (Å²) in [7, 11) is 0. The number of anilines is 1. The maximum Gasteiger partial charge on any atom is 0.328 e. The van der Waals surface area contributed by atoms with Gasteiger partial charge in [0.2, 0.25) is 11.6 Å². The molecular formula is C12H14F4N2O2. The first-order chi connectivity index (χ1) is 9.29. The Balaban J connectivity index is 3.15. The highest BCUT2D eigenvalue weighted by atomic mass is 19.2. The van der Waals surface area contributed by atoms with Gasteiger partial charge in [0.25, 0.3) is 11.9 Å². The minimum Gasteiger partial charge on any atom is -0.464 e. The van der Waals surface area contributed by atoms with Crippen LogP contribution in [-0.4, -0.2) is 23.6 Å². The van der Waals surface area contributed by atoms with Gasteiger partial charge >= 0.3 is 5.97 Å². The lowest BCUT2D eigenvalue weighted by molar-refractivity contribution is -0.145. The Hall–Kier alpha value is -1.86. The average Bonchev–Trinajstić information content (AvgIpc) is 2.36. The molecule has 20 heavy (non-hydrogen) atoms. The van der Waals surface area contributed by atoms with Crippen molar-refractivity contribution in [1.82, 2.24) is 4.98 Å². The molecule has 0 aliphatic heterocycles. The molecule has 0 radical (unpaired) electrons. The number of nitrogens with one attached hydrogen (secondary N) is 1. The standard InChI is InChI=1S/C12H14F4N2O2/c1-4-20-12(19)8(5(2)3)17-9-6(13)10(15)18-11(16)7(9)14/h5,8H,4H2,1-3H3,(H,17,18). The maximum absolute atomic E-state index is 13.5. The van der Waals surface area contributed by atoms with Gasteiger partial charge in [-0.15, -0.1) is 0 Å². The average molecular weight is 294 g/mol. The first kappa shape index (κ1) is 16.2. The van der Waals surface area contributed by atoms with Crippen LogP contribution < -0.4 is 5.32 Å². The Morgan fingerprint density at radius 2 is 1.70 bits per heavy atom. The third-order valence-corrected chi connectivity index (χ3v) is 2.50. The van der Waals surface area contributed by atoms with Crippen LogP contribution in [0.3, 0.4) is 0 Å². The molecule has 0 saturated carbocycles. The quantitative estimate of drug-likeness (QED) is 0.515. The lowest BCUT2D eigenvalue weighted by atomic mass is 10.0. The molecule has 0 saturated heterocycles. The largest absolute Gasteiger partial charge is 0.464 e. The van der Waals surface area contributed by atoms with Gasteiger partial charge in [0.05, 0.1) is 6.61 Å². The van der Waals surface area contributed by atoms with Gasteiger partial charge in [-0.3, -0.25) is 0 Å². The number of carbonyl (C=O) groups excluding carboxylic acids is 1. The zero-order valence-electron chi connectivity index (χ0n) is 11.1. The molecule has 1 atom stereocenters. The van der Waals surface area contributed by atoms with Crippen LogP contribution in [0, 0.1) is 29.4 Å². The SMILES string of the molecule is CCOC(=O)C(Nc1c(F)c(F)nc(F)c1F)C(C)C. The monoisotopic (exact) mass is 294 g/mol. The number of ether oxygens (including phenoxy) is 1. The van der Waals surface area contributed by atoms with E-state index < -0.39 is 47.1 Å². The van der Waals surface area contributed by atoms with E-state index in [2.05, 4.69) is 10.3 Å². The van der Waals surface area contributed by atoms with Crippen molar-refractivity contribution in [3.8, 4) is 0 Å². The van der Waals surface area contributed by atoms with E-state index in [4.69, 9.17) is 4.74 Å². The number of rotatable bonds is 5. The Morgan fingerprint density at radius 3 is 2.10 bits per heavy atom. The van der Waals surface area contributed by atoms with E-state index in [1.165, 1.54) is 0 Å². The second kappa shape index (κ2) is 6.53. The van der Waals surface area contributed by atoms with Crippen LogP contribution in [0.2, 0.25) is 0 Å². The van der Waals surface area contributed by atoms with E-state index in [-0.39, 0.29) is 6.61 Å². The lowest BCUT2D eigenvalue weighted by Gasteiger charge is -2.22. The number of hydrogen-bond donors (Lipinski definition) is 1. The van der Waals surface area contributed by atoms with Crippen molar-refractivity contribution < 1.29 is 27.1 Å². The minimum absolute atomic E-state index is 0.0633. The summed E-state index contributed by atoms with van der Waals surface area (Å²) in [5.41, 5.74) is -1.08. The number of nitrogens with zero attached hydrogens (tertiary/aromatic N) is 1. The predicted octanol–water partition coefficient (Wildman–Crippen LogP) is 2.64. The van der Waals surface area contributed by atoms with Gasteiger partial charge in [0.15, 0.2) is 0 Å². The smallest absolute Gasteiger partial charge is 0.328 e. The summed E-state index contributed by atoms with van der Waals surface area (Å²) in [6, 6.07) is -1.15. The van der Waals surface area contributed by atoms with Gasteiger partial charge in [-0.05, 0) is 12.8 Å². The fourth-order valence-electron chi connectivity index (χ4n) is 1.50. The maximum atomic E-state index is 13.5. The zero-order valence-corrected chi connectivity index (χ0v) is 11.1. The van der Waals surface area contributed by atoms with Gasteiger partial charge in [0, 0.05) is 0 Å². The molecule has 0 aliphatic carbocycles. The molecule has 0 amide bonds. The fraction of sp³-hybridized carbons (Fsp3) is 0.500. The molecule has 8 heteroatoms. The Kier molecular flexibility index (Phi) is 5.29. The van der Waals surface area contributed by atoms with Crippen molar-refractivity contribution in [2.75, 3.05) is 11.9 Å². The molecule has 1 N–H and O–H groups in total. The van der Waals surface area contributed by atoms with E-state index in [1.807, 2.05) is 0 Å². The highest BCUT2D eigenvalue weighted by Gasteiger charge is 2.28. The van der Waals surface area contributed by atoms with Gasteiger partial charge in [-0.25, -0.2) is 4.79 Å². The molecule has 0 fully saturated rings. The highest BCUT2D eigenvalue weighted by Crippen LogP contribution is 2.24. The number of hydrogen-bond acceptors (Lipinski definition) is 4. The minimum atomic E-state index is -1.79. The van der Waals surface area contributed by atoms with Crippen LogP contribution in [-0.2, 0) is 9.53 Å². The van der Waals surface area contributed by atoms with Crippen molar-refractivity contribution in [3.05, 3.63) is 23.5 Å². The summed E-state index contributed by atoms with van der Waals surface area (Å²) in [4.78, 5) is 14.1. The number of carbonyl (C=O) groups is 1. The van der Waals surface area contributed by atoms with Crippen LogP contribution in [0.5, 0.6) is 0 Å². The molecule has 1 aromatic heterocycles. The van der Waals surface area contributed by atoms with E-state index in [1.54, 1.807) is 20.8 Å². The zero-order chi connectivity index (χ0) is 15.4. The molecule has 1 heterocycles. The third-order valence-electron chi connectivity index (χ3n) is 2.50. The van der Waals surface area contributed by atoms with Crippen molar-refractivity contribution in [1.29, 1.82) is 0 Å². The van der Waals surface area contributed by atoms with Crippen LogP contribution in [0.25, 0.3) is 0 Å². The van der Waals surface area contributed by atoms with E-state index in [9.17, 15) is 22.4 Å². The number of esters is 1. The van der Waals surface area contributed by atoms with Gasteiger partial charge in [0.1, 0.15) is 11.7 Å². The van der Waals surface area contributed by atoms with E-state index in [0.29, 0.717) is 0 Å². The number of aromatic nitrogens is 1. The number of halogens is 4. The topological polar surface area (TPSA) is 51.2 Å². The van der Waals surface area contributed by atoms with Gasteiger partial charge in [-0.2, -0.15) is 22.5 Å². The summed E-state index contributed by atoms with van der Waals surface area (Å²) < 4.78 is 57.6. The number of pyridine rings is 1. The molecule has 1 aromatic rings. The van der Waals surface area contributed by atoms with Crippen molar-refractivity contribution in [3.63, 3.8) is 0 Å². The van der Waals surface area contributed by atoms with Crippen LogP contribution >= 0.6 is 0 Å². The Bertz CT molecular complexity index is 482. The Morgan fingerprint density at radius 1 is 1.20 bits per heavy atom. The molecule has 1 rings (SSSR count). The Labute approximate surface area is 113 Å². The highest BCUT2D eigenvalue weighted by molar-refractivity contribution is 5.79. The third kappa shape index (κ3) is 3.37. The molecule has 4 nitrogen and oxygen atoms in total. The van der Waals surface area contributed by atoms with Crippen LogP contribution in [0.1, 0.15) is 20.8 Å². The lowest BCUT2D eigenvalue weighted by Crippen LogP contribution is -2.37. The fourth-order valence-corrected chi connectivity index (χ4v) is 1.50. The summed E-state index contributed by atoms with van der Waals surface area (Å²) in [5.74, 6) is -8.18. The van der Waals surface area contributed by atoms with Crippen molar-refractivity contribution >= 4 is 11.7 Å². The normalized spacial score (nSPS) is 12.4. The van der Waals surface area contributed by atoms with E-state index in [0.717, 1.165) is 0 Å².